The number of benzene rings is 7. The highest BCUT2D eigenvalue weighted by molar-refractivity contribution is 6.16. The average molecular weight is 640 g/mol. The van der Waals surface area contributed by atoms with E-state index in [4.69, 9.17) is 9.97 Å². The third kappa shape index (κ3) is 4.23. The lowest BCUT2D eigenvalue weighted by Gasteiger charge is -2.23. The SMILES string of the molecule is CC1(C)c2ccc3c4ccccc4n(-c4ncc(-c5cc(-c6ccccc6)cc(-c6ccccc6)c5)cn4)c3c2-c2ccc3ccccc3c21. The largest absolute Gasteiger partial charge is 0.277 e. The maximum absolute atomic E-state index is 5.12. The van der Waals surface area contributed by atoms with Gasteiger partial charge in [-0.3, -0.25) is 4.57 Å². The maximum atomic E-state index is 5.12. The predicted molar refractivity (Wildman–Crippen MR) is 208 cm³/mol. The van der Waals surface area contributed by atoms with Gasteiger partial charge in [-0.15, -0.1) is 0 Å². The molecule has 0 saturated carbocycles. The standard InChI is InChI=1S/C47H33N3/c1-47(2)41-24-23-39-38-19-11-12-20-42(38)50(45(39)43(41)40-22-21-32-17-9-10-18-37(32)44(40)47)46-48-28-36(29-49-46)35-26-33(30-13-5-3-6-14-30)25-34(27-35)31-15-7-4-8-16-31/h3-29H,1-2H3. The predicted octanol–water partition coefficient (Wildman–Crippen LogP) is 12.0. The number of fused-ring (bicyclic) bond motifs is 9. The van der Waals surface area contributed by atoms with Crippen molar-refractivity contribution in [2.45, 2.75) is 19.3 Å². The summed E-state index contributed by atoms with van der Waals surface area (Å²) in [4.78, 5) is 10.2. The molecule has 9 aromatic rings. The topological polar surface area (TPSA) is 30.7 Å². The summed E-state index contributed by atoms with van der Waals surface area (Å²) in [5, 5.41) is 5.00. The van der Waals surface area contributed by atoms with Gasteiger partial charge in [-0.2, -0.15) is 0 Å². The Balaban J connectivity index is 1.18. The van der Waals surface area contributed by atoms with E-state index in [0.717, 1.165) is 33.3 Å². The number of nitrogens with zero attached hydrogens (tertiary/aromatic N) is 3. The normalized spacial score (nSPS) is 13.2. The molecule has 0 atom stereocenters. The monoisotopic (exact) mass is 639 g/mol. The molecule has 1 aliphatic rings. The van der Waals surface area contributed by atoms with E-state index >= 15 is 0 Å². The van der Waals surface area contributed by atoms with E-state index in [1.54, 1.807) is 0 Å². The van der Waals surface area contributed by atoms with Crippen molar-refractivity contribution < 1.29 is 0 Å². The number of hydrogen-bond acceptors (Lipinski definition) is 2. The van der Waals surface area contributed by atoms with Gasteiger partial charge in [0.1, 0.15) is 0 Å². The van der Waals surface area contributed by atoms with Crippen LogP contribution in [0.15, 0.2) is 164 Å². The second-order valence-electron chi connectivity index (χ2n) is 13.9. The van der Waals surface area contributed by atoms with Crippen LogP contribution in [-0.4, -0.2) is 14.5 Å². The molecule has 236 valence electrons. The lowest BCUT2D eigenvalue weighted by Crippen LogP contribution is -2.15. The van der Waals surface area contributed by atoms with E-state index in [2.05, 4.69) is 170 Å². The summed E-state index contributed by atoms with van der Waals surface area (Å²) in [6, 6.07) is 54.5. The van der Waals surface area contributed by atoms with Crippen molar-refractivity contribution in [2.24, 2.45) is 0 Å². The highest BCUT2D eigenvalue weighted by Crippen LogP contribution is 2.54. The minimum atomic E-state index is -0.161. The van der Waals surface area contributed by atoms with Crippen LogP contribution in [-0.2, 0) is 5.41 Å². The van der Waals surface area contributed by atoms with Crippen molar-refractivity contribution in [3.05, 3.63) is 175 Å². The van der Waals surface area contributed by atoms with Crippen molar-refractivity contribution in [3.63, 3.8) is 0 Å². The van der Waals surface area contributed by atoms with E-state index in [9.17, 15) is 0 Å². The van der Waals surface area contributed by atoms with Crippen molar-refractivity contribution in [3.8, 4) is 50.5 Å². The van der Waals surface area contributed by atoms with Crippen LogP contribution in [0.3, 0.4) is 0 Å². The summed E-state index contributed by atoms with van der Waals surface area (Å²) >= 11 is 0. The molecular formula is C47H33N3. The molecule has 10 rings (SSSR count). The zero-order chi connectivity index (χ0) is 33.4. The summed E-state index contributed by atoms with van der Waals surface area (Å²) in [6.45, 7) is 4.73. The molecule has 0 bridgehead atoms. The fourth-order valence-corrected chi connectivity index (χ4v) is 8.32. The molecule has 0 amide bonds. The van der Waals surface area contributed by atoms with Crippen LogP contribution in [0.25, 0.3) is 83.0 Å². The summed E-state index contributed by atoms with van der Waals surface area (Å²) < 4.78 is 2.28. The summed E-state index contributed by atoms with van der Waals surface area (Å²) in [7, 11) is 0. The molecule has 0 radical (unpaired) electrons. The van der Waals surface area contributed by atoms with Crippen LogP contribution in [0.2, 0.25) is 0 Å². The summed E-state index contributed by atoms with van der Waals surface area (Å²) in [5.74, 6) is 0.669. The number of rotatable bonds is 4. The third-order valence-corrected chi connectivity index (χ3v) is 10.7. The highest BCUT2D eigenvalue weighted by atomic mass is 15.2. The van der Waals surface area contributed by atoms with Gasteiger partial charge >= 0.3 is 0 Å². The van der Waals surface area contributed by atoms with Gasteiger partial charge in [0.05, 0.1) is 11.0 Å². The first kappa shape index (κ1) is 28.7. The van der Waals surface area contributed by atoms with Gasteiger partial charge in [0.2, 0.25) is 5.95 Å². The first-order chi connectivity index (χ1) is 24.6. The van der Waals surface area contributed by atoms with Crippen LogP contribution >= 0.6 is 0 Å². The van der Waals surface area contributed by atoms with Crippen LogP contribution in [0.1, 0.15) is 25.0 Å². The second kappa shape index (κ2) is 10.8. The number of para-hydroxylation sites is 1. The van der Waals surface area contributed by atoms with Crippen molar-refractivity contribution >= 4 is 32.6 Å². The quantitative estimate of drug-likeness (QED) is 0.192. The molecule has 0 saturated heterocycles. The van der Waals surface area contributed by atoms with Gasteiger partial charge in [0.25, 0.3) is 0 Å². The Morgan fingerprint density at radius 2 is 1.06 bits per heavy atom. The highest BCUT2D eigenvalue weighted by Gasteiger charge is 2.39. The van der Waals surface area contributed by atoms with Gasteiger partial charge in [-0.25, -0.2) is 9.97 Å². The van der Waals surface area contributed by atoms with Gasteiger partial charge < -0.3 is 0 Å². The third-order valence-electron chi connectivity index (χ3n) is 10.7. The maximum Gasteiger partial charge on any atom is 0.234 e. The Kier molecular flexibility index (Phi) is 6.22. The van der Waals surface area contributed by atoms with Crippen molar-refractivity contribution in [2.75, 3.05) is 0 Å². The van der Waals surface area contributed by atoms with Gasteiger partial charge in [-0.1, -0.05) is 141 Å². The minimum Gasteiger partial charge on any atom is -0.277 e. The van der Waals surface area contributed by atoms with Crippen molar-refractivity contribution in [1.29, 1.82) is 0 Å². The van der Waals surface area contributed by atoms with Crippen LogP contribution < -0.4 is 0 Å². The fourth-order valence-electron chi connectivity index (χ4n) is 8.32. The fraction of sp³-hybridized carbons (Fsp3) is 0.0638. The molecule has 7 aromatic carbocycles. The van der Waals surface area contributed by atoms with Crippen LogP contribution in [0.4, 0.5) is 0 Å². The summed E-state index contributed by atoms with van der Waals surface area (Å²) in [6.07, 6.45) is 3.97. The first-order valence-electron chi connectivity index (χ1n) is 17.2. The molecule has 3 nitrogen and oxygen atoms in total. The molecule has 0 spiro atoms. The van der Waals surface area contributed by atoms with Gasteiger partial charge in [-0.05, 0) is 79.5 Å². The lowest BCUT2D eigenvalue weighted by molar-refractivity contribution is 0.666. The molecule has 1 aliphatic carbocycles. The first-order valence-corrected chi connectivity index (χ1v) is 17.2. The molecule has 0 N–H and O–H groups in total. The smallest absolute Gasteiger partial charge is 0.234 e. The summed E-state index contributed by atoms with van der Waals surface area (Å²) in [5.41, 5.74) is 14.2. The van der Waals surface area contributed by atoms with Crippen LogP contribution in [0, 0.1) is 0 Å². The zero-order valence-corrected chi connectivity index (χ0v) is 27.9. The van der Waals surface area contributed by atoms with Crippen molar-refractivity contribution in [1.82, 2.24) is 14.5 Å². The Hall–Kier alpha value is -6.32. The molecule has 2 heterocycles. The Morgan fingerprint density at radius 3 is 1.74 bits per heavy atom. The average Bonchev–Trinajstić information content (AvgIpc) is 3.64. The molecule has 50 heavy (non-hydrogen) atoms. The Morgan fingerprint density at radius 1 is 0.480 bits per heavy atom. The molecule has 0 unspecified atom stereocenters. The van der Waals surface area contributed by atoms with E-state index < -0.39 is 0 Å². The van der Waals surface area contributed by atoms with E-state index in [-0.39, 0.29) is 5.41 Å². The molecular weight excluding hydrogens is 607 g/mol. The van der Waals surface area contributed by atoms with Crippen LogP contribution in [0.5, 0.6) is 0 Å². The van der Waals surface area contributed by atoms with Gasteiger partial charge in [0.15, 0.2) is 0 Å². The number of aromatic nitrogens is 3. The van der Waals surface area contributed by atoms with Gasteiger partial charge in [0, 0.05) is 39.7 Å². The molecule has 0 aliphatic heterocycles. The molecule has 0 fully saturated rings. The molecule has 3 heteroatoms. The van der Waals surface area contributed by atoms with E-state index in [1.807, 2.05) is 12.4 Å². The zero-order valence-electron chi connectivity index (χ0n) is 27.9. The lowest BCUT2D eigenvalue weighted by atomic mass is 9.80. The van der Waals surface area contributed by atoms with E-state index in [1.165, 1.54) is 54.9 Å². The Bertz CT molecular complexity index is 2700. The Labute approximate surface area is 291 Å². The van der Waals surface area contributed by atoms with E-state index in [0.29, 0.717) is 5.95 Å². The molecule has 2 aromatic heterocycles. The second-order valence-corrected chi connectivity index (χ2v) is 13.9. The minimum absolute atomic E-state index is 0.161. The number of hydrogen-bond donors (Lipinski definition) is 0.